The average Bonchev–Trinajstić information content (AvgIpc) is 3.92. The third-order valence-corrected chi connectivity index (χ3v) is 18.1. The van der Waals surface area contributed by atoms with E-state index in [0.29, 0.717) is 11.8 Å². The van der Waals surface area contributed by atoms with Gasteiger partial charge in [-0.2, -0.15) is 0 Å². The van der Waals surface area contributed by atoms with Gasteiger partial charge in [-0.15, -0.1) is 0 Å². The number of aromatic nitrogens is 1. The van der Waals surface area contributed by atoms with Crippen LogP contribution in [0.1, 0.15) is 193 Å². The predicted molar refractivity (Wildman–Crippen MR) is 329 cm³/mol. The van der Waals surface area contributed by atoms with Gasteiger partial charge in [0.1, 0.15) is 0 Å². The summed E-state index contributed by atoms with van der Waals surface area (Å²) in [5.41, 5.74) is 25.0. The van der Waals surface area contributed by atoms with E-state index >= 15 is 0 Å². The Kier molecular flexibility index (Phi) is 12.5. The van der Waals surface area contributed by atoms with E-state index in [0.717, 1.165) is 0 Å². The van der Waals surface area contributed by atoms with Crippen LogP contribution in [0.2, 0.25) is 0 Å². The Balaban J connectivity index is 1.24. The van der Waals surface area contributed by atoms with Crippen molar-refractivity contribution in [3.63, 3.8) is 0 Å². The van der Waals surface area contributed by atoms with E-state index in [1.807, 2.05) is 0 Å². The minimum atomic E-state index is -0.0615. The van der Waals surface area contributed by atoms with Crippen LogP contribution in [0.3, 0.4) is 0 Å². The van der Waals surface area contributed by atoms with Crippen molar-refractivity contribution in [1.82, 2.24) is 4.57 Å². The maximum atomic E-state index is 2.72. The molecule has 76 heavy (non-hydrogen) atoms. The highest BCUT2D eigenvalue weighted by atomic mass is 15.2. The zero-order valence-electron chi connectivity index (χ0n) is 48.0. The molecule has 0 radical (unpaired) electrons. The number of para-hydroxylation sites is 2. The molecule has 0 spiro atoms. The van der Waals surface area contributed by atoms with Crippen molar-refractivity contribution >= 4 is 68.1 Å². The van der Waals surface area contributed by atoms with Crippen molar-refractivity contribution < 1.29 is 0 Å². The molecular formula is C72H82BN3. The lowest BCUT2D eigenvalue weighted by Crippen LogP contribution is -2.61. The molecule has 3 heterocycles. The summed E-state index contributed by atoms with van der Waals surface area (Å²) in [6, 6.07) is 58.3. The van der Waals surface area contributed by atoms with Crippen LogP contribution in [0, 0.1) is 0 Å². The third kappa shape index (κ3) is 9.04. The summed E-state index contributed by atoms with van der Waals surface area (Å²) in [7, 11) is 0. The smallest absolute Gasteiger partial charge is 0.252 e. The molecule has 4 heteroatoms. The Morgan fingerprint density at radius 3 is 1.24 bits per heavy atom. The number of fused-ring (bicyclic) bond motifs is 5. The van der Waals surface area contributed by atoms with Crippen LogP contribution in [0.5, 0.6) is 0 Å². The number of hydrogen-bond donors (Lipinski definition) is 0. The van der Waals surface area contributed by atoms with E-state index < -0.39 is 0 Å². The molecule has 0 bridgehead atoms. The molecular weight excluding hydrogens is 918 g/mol. The fraction of sp³-hybridized carbons (Fsp3) is 0.389. The van der Waals surface area contributed by atoms with E-state index in [9.17, 15) is 0 Å². The minimum absolute atomic E-state index is 0.0318. The van der Waals surface area contributed by atoms with Crippen LogP contribution in [0.25, 0.3) is 27.8 Å². The summed E-state index contributed by atoms with van der Waals surface area (Å²) in [6.45, 7) is 28.7. The predicted octanol–water partition coefficient (Wildman–Crippen LogP) is 18.7. The van der Waals surface area contributed by atoms with Gasteiger partial charge < -0.3 is 14.4 Å². The standard InChI is InChI=1S/C72H82BN3/c1-69(2,3)53-41-54(70(4,5)6)44-58(43-53)75-63-34-32-49(47-24-16-13-17-25-47)36-60(63)73-61-37-50(48-26-18-14-19-27-48)33-35-64(61)76(59-45-55(71(7,8)9)42-56(46-59)72(10,11)12)67-40-52(39-66(75)68(67)73)65-38-51-28-22-23-31-62(51)74(65)57-29-20-15-21-30-57/h15,20-23,28-48H,13-14,16-19,24-27H2,1-12H3. The molecule has 12 rings (SSSR count). The molecule has 2 aliphatic heterocycles. The molecule has 0 N–H and O–H groups in total. The van der Waals surface area contributed by atoms with Crippen molar-refractivity contribution in [1.29, 1.82) is 0 Å². The summed E-state index contributed by atoms with van der Waals surface area (Å²) in [6.07, 6.45) is 13.0. The summed E-state index contributed by atoms with van der Waals surface area (Å²) >= 11 is 0. The second-order valence-corrected chi connectivity index (χ2v) is 27.6. The first-order valence-corrected chi connectivity index (χ1v) is 29.2. The number of rotatable bonds is 6. The molecule has 7 aromatic carbocycles. The van der Waals surface area contributed by atoms with E-state index in [-0.39, 0.29) is 28.4 Å². The van der Waals surface area contributed by atoms with Crippen LogP contribution in [0.4, 0.5) is 34.1 Å². The maximum Gasteiger partial charge on any atom is 0.252 e. The molecule has 0 amide bonds. The zero-order chi connectivity index (χ0) is 53.1. The zero-order valence-corrected chi connectivity index (χ0v) is 48.0. The SMILES string of the molecule is CC(C)(C)c1cc(N2c3ccc(C4CCCCC4)cc3B3c4cc(C5CCCCC5)ccc4N(c4cc(C(C)(C)C)cc(C(C)(C)C)c4)c4cc(-c5cc6ccccc6n5-c5ccccc5)cc2c43)cc(C(C)(C)C)c1. The van der Waals surface area contributed by atoms with Gasteiger partial charge in [0.25, 0.3) is 6.71 Å². The molecule has 4 aliphatic rings. The number of anilines is 6. The largest absolute Gasteiger partial charge is 0.311 e. The monoisotopic (exact) mass is 1000 g/mol. The highest BCUT2D eigenvalue weighted by Gasteiger charge is 2.45. The normalized spacial score (nSPS) is 16.5. The van der Waals surface area contributed by atoms with Gasteiger partial charge in [-0.1, -0.05) is 194 Å². The number of nitrogens with zero attached hydrogens (tertiary/aromatic N) is 3. The quantitative estimate of drug-likeness (QED) is 0.154. The Labute approximate surface area is 456 Å². The fourth-order valence-electron chi connectivity index (χ4n) is 13.6. The minimum Gasteiger partial charge on any atom is -0.311 e. The molecule has 8 aromatic rings. The van der Waals surface area contributed by atoms with Gasteiger partial charge in [-0.25, -0.2) is 0 Å². The van der Waals surface area contributed by atoms with E-state index in [4.69, 9.17) is 0 Å². The average molecular weight is 1000 g/mol. The van der Waals surface area contributed by atoms with Crippen molar-refractivity contribution in [3.05, 3.63) is 179 Å². The van der Waals surface area contributed by atoms with Crippen molar-refractivity contribution in [2.75, 3.05) is 9.80 Å². The first-order valence-electron chi connectivity index (χ1n) is 29.2. The van der Waals surface area contributed by atoms with Gasteiger partial charge >= 0.3 is 0 Å². The first-order chi connectivity index (χ1) is 36.2. The lowest BCUT2D eigenvalue weighted by Gasteiger charge is -2.45. The molecule has 2 saturated carbocycles. The third-order valence-electron chi connectivity index (χ3n) is 18.1. The molecule has 0 unspecified atom stereocenters. The molecule has 2 aliphatic carbocycles. The van der Waals surface area contributed by atoms with Gasteiger partial charge in [0.15, 0.2) is 0 Å². The van der Waals surface area contributed by atoms with E-state index in [1.54, 1.807) is 0 Å². The van der Waals surface area contributed by atoms with Gasteiger partial charge in [-0.3, -0.25) is 0 Å². The van der Waals surface area contributed by atoms with E-state index in [2.05, 4.69) is 243 Å². The van der Waals surface area contributed by atoms with Gasteiger partial charge in [0, 0.05) is 50.8 Å². The first kappa shape index (κ1) is 50.6. The molecule has 3 nitrogen and oxygen atoms in total. The van der Waals surface area contributed by atoms with E-state index in [1.165, 1.54) is 176 Å². The molecule has 1 aromatic heterocycles. The fourth-order valence-corrected chi connectivity index (χ4v) is 13.6. The van der Waals surface area contributed by atoms with Crippen LogP contribution in [-0.4, -0.2) is 11.3 Å². The van der Waals surface area contributed by atoms with Gasteiger partial charge in [0.2, 0.25) is 0 Å². The van der Waals surface area contributed by atoms with Crippen LogP contribution >= 0.6 is 0 Å². The Morgan fingerprint density at radius 1 is 0.382 bits per heavy atom. The van der Waals surface area contributed by atoms with Crippen LogP contribution in [0.15, 0.2) is 146 Å². The lowest BCUT2D eigenvalue weighted by atomic mass is 9.33. The van der Waals surface area contributed by atoms with Crippen LogP contribution in [-0.2, 0) is 21.7 Å². The Hall–Kier alpha value is -6.26. The highest BCUT2D eigenvalue weighted by Crippen LogP contribution is 2.50. The number of hydrogen-bond acceptors (Lipinski definition) is 2. The van der Waals surface area contributed by atoms with Crippen LogP contribution < -0.4 is 26.2 Å². The van der Waals surface area contributed by atoms with Gasteiger partial charge in [-0.05, 0) is 182 Å². The Morgan fingerprint density at radius 2 is 0.803 bits per heavy atom. The van der Waals surface area contributed by atoms with Crippen molar-refractivity contribution in [2.45, 2.75) is 181 Å². The Bertz CT molecular complexity index is 3260. The molecule has 2 fully saturated rings. The second kappa shape index (κ2) is 18.7. The second-order valence-electron chi connectivity index (χ2n) is 27.6. The lowest BCUT2D eigenvalue weighted by molar-refractivity contribution is 0.444. The van der Waals surface area contributed by atoms with Crippen molar-refractivity contribution in [2.24, 2.45) is 0 Å². The summed E-state index contributed by atoms with van der Waals surface area (Å²) < 4.78 is 2.51. The summed E-state index contributed by atoms with van der Waals surface area (Å²) in [5.74, 6) is 1.16. The molecule has 0 saturated heterocycles. The topological polar surface area (TPSA) is 11.4 Å². The number of benzene rings is 7. The van der Waals surface area contributed by atoms with Crippen molar-refractivity contribution in [3.8, 4) is 16.9 Å². The molecule has 388 valence electrons. The summed E-state index contributed by atoms with van der Waals surface area (Å²) in [4.78, 5) is 5.44. The molecule has 0 atom stereocenters. The maximum absolute atomic E-state index is 2.72. The summed E-state index contributed by atoms with van der Waals surface area (Å²) in [5, 5.41) is 1.24. The highest BCUT2D eigenvalue weighted by molar-refractivity contribution is 7.00. The van der Waals surface area contributed by atoms with Gasteiger partial charge in [0.05, 0.1) is 11.2 Å².